The van der Waals surface area contributed by atoms with Crippen LogP contribution in [0.15, 0.2) is 18.2 Å². The maximum Gasteiger partial charge on any atom is 0.412 e. The van der Waals surface area contributed by atoms with Crippen molar-refractivity contribution in [3.8, 4) is 5.75 Å². The van der Waals surface area contributed by atoms with Gasteiger partial charge < -0.3 is 20.1 Å². The number of hydrogen-bond donors (Lipinski definition) is 2. The smallest absolute Gasteiger partial charge is 0.410 e. The maximum atomic E-state index is 11.2. The molecule has 0 saturated carbocycles. The Labute approximate surface area is 105 Å². The van der Waals surface area contributed by atoms with Crippen LogP contribution >= 0.6 is 0 Å². The van der Waals surface area contributed by atoms with E-state index in [1.807, 2.05) is 12.1 Å². The van der Waals surface area contributed by atoms with Gasteiger partial charge >= 0.3 is 6.09 Å². The Balaban J connectivity index is 1.94. The molecule has 1 aromatic rings. The third kappa shape index (κ3) is 1.54. The van der Waals surface area contributed by atoms with Gasteiger partial charge in [-0.25, -0.2) is 4.79 Å². The molecule has 0 radical (unpaired) electrons. The lowest BCUT2D eigenvalue weighted by molar-refractivity contribution is 0.112. The van der Waals surface area contributed by atoms with E-state index in [0.29, 0.717) is 5.75 Å². The highest BCUT2D eigenvalue weighted by atomic mass is 16.6. The van der Waals surface area contributed by atoms with Crippen LogP contribution in [0.1, 0.15) is 18.9 Å². The number of benzene rings is 1. The third-order valence-electron chi connectivity index (χ3n) is 3.79. The first-order valence-corrected chi connectivity index (χ1v) is 6.06. The number of carbonyl (C=O) groups excluding carboxylic acids is 1. The van der Waals surface area contributed by atoms with E-state index < -0.39 is 6.09 Å². The molecule has 1 amide bonds. The topological polar surface area (TPSA) is 59.6 Å². The molecule has 1 fully saturated rings. The highest BCUT2D eigenvalue weighted by Gasteiger charge is 2.47. The second-order valence-electron chi connectivity index (χ2n) is 4.91. The van der Waals surface area contributed by atoms with Gasteiger partial charge in [-0.05, 0) is 30.2 Å². The second kappa shape index (κ2) is 3.88. The number of nitrogens with one attached hydrogen (secondary N) is 2. The summed E-state index contributed by atoms with van der Waals surface area (Å²) >= 11 is 0. The van der Waals surface area contributed by atoms with Crippen LogP contribution in [0, 0.1) is 0 Å². The molecule has 0 aromatic heterocycles. The lowest BCUT2D eigenvalue weighted by Gasteiger charge is -2.22. The van der Waals surface area contributed by atoms with Crippen molar-refractivity contribution in [3.63, 3.8) is 0 Å². The van der Waals surface area contributed by atoms with Gasteiger partial charge in [0.15, 0.2) is 0 Å². The molecule has 1 saturated heterocycles. The van der Waals surface area contributed by atoms with Gasteiger partial charge in [-0.15, -0.1) is 0 Å². The van der Waals surface area contributed by atoms with Crippen molar-refractivity contribution in [1.29, 1.82) is 0 Å². The van der Waals surface area contributed by atoms with Gasteiger partial charge in [0.25, 0.3) is 0 Å². The Hall–Kier alpha value is -1.75. The second-order valence-corrected chi connectivity index (χ2v) is 4.91. The number of amides is 1. The zero-order chi connectivity index (χ0) is 12.8. The quantitative estimate of drug-likeness (QED) is 0.796. The maximum absolute atomic E-state index is 11.2. The van der Waals surface area contributed by atoms with Crippen LogP contribution in [0.3, 0.4) is 0 Å². The van der Waals surface area contributed by atoms with Crippen molar-refractivity contribution < 1.29 is 14.3 Å². The summed E-state index contributed by atoms with van der Waals surface area (Å²) in [5.74, 6) is 0.559. The molecule has 0 unspecified atom stereocenters. The Kier molecular flexibility index (Phi) is 2.45. The van der Waals surface area contributed by atoms with E-state index in [0.717, 1.165) is 24.3 Å². The fraction of sp³-hybridized carbons (Fsp3) is 0.462. The summed E-state index contributed by atoms with van der Waals surface area (Å²) < 4.78 is 10.8. The van der Waals surface area contributed by atoms with E-state index in [2.05, 4.69) is 17.6 Å². The Morgan fingerprint density at radius 3 is 3.22 bits per heavy atom. The van der Waals surface area contributed by atoms with E-state index in [1.165, 1.54) is 0 Å². The van der Waals surface area contributed by atoms with Crippen LogP contribution in [-0.2, 0) is 10.2 Å². The predicted molar refractivity (Wildman–Crippen MR) is 66.9 cm³/mol. The molecule has 1 aromatic carbocycles. The summed E-state index contributed by atoms with van der Waals surface area (Å²) in [6.07, 6.45) is 0.550. The number of carbonyl (C=O) groups is 1. The van der Waals surface area contributed by atoms with E-state index >= 15 is 0 Å². The number of rotatable bonds is 1. The zero-order valence-corrected chi connectivity index (χ0v) is 10.4. The summed E-state index contributed by atoms with van der Waals surface area (Å²) in [6, 6.07) is 5.64. The molecule has 2 N–H and O–H groups in total. The summed E-state index contributed by atoms with van der Waals surface area (Å²) in [6.45, 7) is 2.93. The van der Waals surface area contributed by atoms with E-state index in [4.69, 9.17) is 9.47 Å². The van der Waals surface area contributed by atoms with Gasteiger partial charge in [0.1, 0.15) is 12.0 Å². The summed E-state index contributed by atoms with van der Waals surface area (Å²) in [5, 5.41) is 5.79. The van der Waals surface area contributed by atoms with Crippen LogP contribution < -0.4 is 15.4 Å². The molecule has 0 spiro atoms. The average molecular weight is 248 g/mol. The van der Waals surface area contributed by atoms with Crippen LogP contribution in [0.4, 0.5) is 10.5 Å². The molecule has 5 nitrogen and oxygen atoms in total. The minimum absolute atomic E-state index is 0.0303. The van der Waals surface area contributed by atoms with Crippen LogP contribution in [-0.4, -0.2) is 26.0 Å². The van der Waals surface area contributed by atoms with E-state index in [-0.39, 0.29) is 11.6 Å². The minimum Gasteiger partial charge on any atom is -0.410 e. The number of fused-ring (bicyclic) bond motifs is 3. The first-order valence-electron chi connectivity index (χ1n) is 6.06. The number of anilines is 1. The van der Waals surface area contributed by atoms with Crippen molar-refractivity contribution in [2.75, 3.05) is 19.0 Å². The highest BCUT2D eigenvalue weighted by Crippen LogP contribution is 2.48. The van der Waals surface area contributed by atoms with Gasteiger partial charge in [0.2, 0.25) is 0 Å². The fourth-order valence-corrected chi connectivity index (χ4v) is 2.67. The standard InChI is InChI=1S/C13H16N2O3/c1-13-5-6-17-11(13)15-10-4-3-8(7-9(10)13)18-12(16)14-2/h3-4,7,11,15H,5-6H2,1-2H3,(H,14,16)/t11-,13-/m0/s1. The first kappa shape index (κ1) is 11.3. The van der Waals surface area contributed by atoms with Gasteiger partial charge in [-0.1, -0.05) is 6.92 Å². The Bertz CT molecular complexity index is 503. The van der Waals surface area contributed by atoms with E-state index in [1.54, 1.807) is 13.1 Å². The van der Waals surface area contributed by atoms with Crippen LogP contribution in [0.25, 0.3) is 0 Å². The van der Waals surface area contributed by atoms with Gasteiger partial charge in [0, 0.05) is 18.2 Å². The zero-order valence-electron chi connectivity index (χ0n) is 10.4. The molecule has 18 heavy (non-hydrogen) atoms. The molecule has 2 aliphatic rings. The Morgan fingerprint density at radius 2 is 2.44 bits per heavy atom. The van der Waals surface area contributed by atoms with Crippen molar-refractivity contribution >= 4 is 11.8 Å². The molecule has 3 rings (SSSR count). The number of hydrogen-bond acceptors (Lipinski definition) is 4. The van der Waals surface area contributed by atoms with Crippen LogP contribution in [0.2, 0.25) is 0 Å². The van der Waals surface area contributed by atoms with Gasteiger partial charge in [-0.3, -0.25) is 0 Å². The molecular formula is C13H16N2O3. The van der Waals surface area contributed by atoms with Crippen molar-refractivity contribution in [2.45, 2.75) is 25.0 Å². The monoisotopic (exact) mass is 248 g/mol. The lowest BCUT2D eigenvalue weighted by atomic mass is 9.82. The van der Waals surface area contributed by atoms with Crippen molar-refractivity contribution in [1.82, 2.24) is 5.32 Å². The highest BCUT2D eigenvalue weighted by molar-refractivity contribution is 5.71. The summed E-state index contributed by atoms with van der Waals surface area (Å²) in [4.78, 5) is 11.2. The lowest BCUT2D eigenvalue weighted by Crippen LogP contribution is -2.31. The third-order valence-corrected chi connectivity index (χ3v) is 3.79. The SMILES string of the molecule is CNC(=O)Oc1ccc2c(c1)[C@]1(C)CCO[C@@H]1N2. The fourth-order valence-electron chi connectivity index (χ4n) is 2.67. The average Bonchev–Trinajstić information content (AvgIpc) is 2.84. The molecule has 2 atom stereocenters. The molecule has 0 aliphatic carbocycles. The normalized spacial score (nSPS) is 28.2. The molecular weight excluding hydrogens is 232 g/mol. The molecule has 2 aliphatic heterocycles. The number of ether oxygens (including phenoxy) is 2. The van der Waals surface area contributed by atoms with Gasteiger partial charge in [-0.2, -0.15) is 0 Å². The van der Waals surface area contributed by atoms with Crippen molar-refractivity contribution in [2.24, 2.45) is 0 Å². The predicted octanol–water partition coefficient (Wildman–Crippen LogP) is 1.83. The molecule has 5 heteroatoms. The van der Waals surface area contributed by atoms with Gasteiger partial charge in [0.05, 0.1) is 6.61 Å². The van der Waals surface area contributed by atoms with Crippen LogP contribution in [0.5, 0.6) is 5.75 Å². The van der Waals surface area contributed by atoms with E-state index in [9.17, 15) is 4.79 Å². The molecule has 2 heterocycles. The minimum atomic E-state index is -0.453. The first-order chi connectivity index (χ1) is 8.63. The van der Waals surface area contributed by atoms with Crippen molar-refractivity contribution in [3.05, 3.63) is 23.8 Å². The summed E-state index contributed by atoms with van der Waals surface area (Å²) in [7, 11) is 1.54. The molecule has 0 bridgehead atoms. The molecule has 96 valence electrons. The largest absolute Gasteiger partial charge is 0.412 e. The Morgan fingerprint density at radius 1 is 1.61 bits per heavy atom. The summed E-state index contributed by atoms with van der Waals surface area (Å²) in [5.41, 5.74) is 2.19.